The summed E-state index contributed by atoms with van der Waals surface area (Å²) in [4.78, 5) is 18.7. The summed E-state index contributed by atoms with van der Waals surface area (Å²) in [6.45, 7) is 10.8. The summed E-state index contributed by atoms with van der Waals surface area (Å²) < 4.78 is 5.54. The first kappa shape index (κ1) is 17.7. The third-order valence-electron chi connectivity index (χ3n) is 4.06. The van der Waals surface area contributed by atoms with E-state index in [0.717, 1.165) is 31.1 Å². The van der Waals surface area contributed by atoms with Crippen LogP contribution in [0.15, 0.2) is 18.3 Å². The van der Waals surface area contributed by atoms with Crippen LogP contribution in [0.4, 0.5) is 5.82 Å². The zero-order valence-corrected chi connectivity index (χ0v) is 14.5. The minimum atomic E-state index is -0.524. The molecule has 2 heterocycles. The highest BCUT2D eigenvalue weighted by atomic mass is 16.5. The molecule has 1 aromatic rings. The van der Waals surface area contributed by atoms with Crippen LogP contribution in [0.1, 0.15) is 33.3 Å². The smallest absolute Gasteiger partial charge is 0.237 e. The average molecular weight is 320 g/mol. The molecule has 1 aromatic heterocycles. The normalized spacial score (nSPS) is 20.2. The van der Waals surface area contributed by atoms with E-state index in [4.69, 9.17) is 10.5 Å². The molecule has 0 aliphatic carbocycles. The number of carbonyl (C=O) groups is 1. The van der Waals surface area contributed by atoms with Gasteiger partial charge >= 0.3 is 0 Å². The second-order valence-corrected chi connectivity index (χ2v) is 7.21. The maximum Gasteiger partial charge on any atom is 0.237 e. The Balaban J connectivity index is 1.89. The molecule has 0 aromatic carbocycles. The van der Waals surface area contributed by atoms with Crippen LogP contribution in [0.5, 0.6) is 0 Å². The van der Waals surface area contributed by atoms with Gasteiger partial charge in [0.15, 0.2) is 0 Å². The number of morpholine rings is 1. The lowest BCUT2D eigenvalue weighted by Crippen LogP contribution is -2.48. The highest BCUT2D eigenvalue weighted by Crippen LogP contribution is 2.18. The Morgan fingerprint density at radius 3 is 2.83 bits per heavy atom. The zero-order valence-electron chi connectivity index (χ0n) is 14.5. The lowest BCUT2D eigenvalue weighted by Gasteiger charge is -2.32. The van der Waals surface area contributed by atoms with Crippen molar-refractivity contribution < 1.29 is 9.53 Å². The van der Waals surface area contributed by atoms with Crippen LogP contribution in [0.2, 0.25) is 0 Å². The minimum Gasteiger partial charge on any atom is -0.375 e. The van der Waals surface area contributed by atoms with E-state index in [2.05, 4.69) is 22.1 Å². The summed E-state index contributed by atoms with van der Waals surface area (Å²) in [6, 6.07) is 3.46. The van der Waals surface area contributed by atoms with Crippen molar-refractivity contribution in [1.82, 2.24) is 10.3 Å². The van der Waals surface area contributed by atoms with Crippen molar-refractivity contribution in [3.05, 3.63) is 23.9 Å². The number of hydrogen-bond donors (Lipinski definition) is 2. The van der Waals surface area contributed by atoms with E-state index >= 15 is 0 Å². The molecular formula is C17H28N4O2. The van der Waals surface area contributed by atoms with Crippen molar-refractivity contribution in [2.24, 2.45) is 11.1 Å². The summed E-state index contributed by atoms with van der Waals surface area (Å²) in [7, 11) is 0. The van der Waals surface area contributed by atoms with E-state index in [9.17, 15) is 4.79 Å². The quantitative estimate of drug-likeness (QED) is 0.874. The Labute approximate surface area is 138 Å². The summed E-state index contributed by atoms with van der Waals surface area (Å²) in [5.41, 5.74) is 6.66. The Morgan fingerprint density at radius 2 is 2.26 bits per heavy atom. The molecule has 23 heavy (non-hydrogen) atoms. The number of hydrogen-bond acceptors (Lipinski definition) is 5. The molecule has 0 spiro atoms. The Bertz CT molecular complexity index is 524. The van der Waals surface area contributed by atoms with Crippen LogP contribution in [0.25, 0.3) is 0 Å². The first-order valence-corrected chi connectivity index (χ1v) is 8.12. The molecule has 1 fully saturated rings. The van der Waals surface area contributed by atoms with E-state index in [1.807, 2.05) is 32.9 Å². The molecule has 2 atom stereocenters. The Hall–Kier alpha value is -1.66. The van der Waals surface area contributed by atoms with Crippen molar-refractivity contribution in [3.63, 3.8) is 0 Å². The molecule has 128 valence electrons. The second-order valence-electron chi connectivity index (χ2n) is 7.21. The number of nitrogens with two attached hydrogens (primary N) is 1. The number of amides is 1. The fraction of sp³-hybridized carbons (Fsp3) is 0.647. The maximum atomic E-state index is 12.0. The highest BCUT2D eigenvalue weighted by molar-refractivity contribution is 5.82. The second kappa shape index (κ2) is 7.27. The SMILES string of the molecule is CC1CN(c2ccc(CNC(=O)[C@@H](N)C(C)(C)C)cn2)CCO1. The van der Waals surface area contributed by atoms with Crippen LogP contribution in [-0.4, -0.2) is 42.7 Å². The predicted molar refractivity (Wildman–Crippen MR) is 91.1 cm³/mol. The molecule has 2 rings (SSSR count). The average Bonchev–Trinajstić information content (AvgIpc) is 2.51. The molecule has 1 saturated heterocycles. The number of carbonyl (C=O) groups excluding carboxylic acids is 1. The van der Waals surface area contributed by atoms with E-state index in [-0.39, 0.29) is 17.4 Å². The summed E-state index contributed by atoms with van der Waals surface area (Å²) >= 11 is 0. The zero-order chi connectivity index (χ0) is 17.0. The van der Waals surface area contributed by atoms with Crippen LogP contribution < -0.4 is 16.0 Å². The number of pyridine rings is 1. The van der Waals surface area contributed by atoms with Gasteiger partial charge in [0, 0.05) is 25.8 Å². The standard InChI is InChI=1S/C17H28N4O2/c1-12-11-21(7-8-23-12)14-6-5-13(9-19-14)10-20-16(22)15(18)17(2,3)4/h5-6,9,12,15H,7-8,10-11,18H2,1-4H3,(H,20,22)/t12?,15-/m1/s1. The lowest BCUT2D eigenvalue weighted by atomic mass is 9.87. The molecule has 0 saturated carbocycles. The van der Waals surface area contributed by atoms with Crippen LogP contribution >= 0.6 is 0 Å². The highest BCUT2D eigenvalue weighted by Gasteiger charge is 2.27. The van der Waals surface area contributed by atoms with Gasteiger partial charge in [0.2, 0.25) is 5.91 Å². The topological polar surface area (TPSA) is 80.5 Å². The van der Waals surface area contributed by atoms with Crippen molar-refractivity contribution in [2.75, 3.05) is 24.6 Å². The number of nitrogens with zero attached hydrogens (tertiary/aromatic N) is 2. The monoisotopic (exact) mass is 320 g/mol. The Kier molecular flexibility index (Phi) is 5.59. The van der Waals surface area contributed by atoms with Crippen molar-refractivity contribution in [3.8, 4) is 0 Å². The molecule has 0 radical (unpaired) electrons. The van der Waals surface area contributed by atoms with E-state index in [1.165, 1.54) is 0 Å². The number of aromatic nitrogens is 1. The number of anilines is 1. The lowest BCUT2D eigenvalue weighted by molar-refractivity contribution is -0.124. The van der Waals surface area contributed by atoms with Crippen LogP contribution in [0, 0.1) is 5.41 Å². The van der Waals surface area contributed by atoms with Gasteiger partial charge < -0.3 is 20.7 Å². The number of nitrogens with one attached hydrogen (secondary N) is 1. The predicted octanol–water partition coefficient (Wildman–Crippen LogP) is 1.30. The first-order valence-electron chi connectivity index (χ1n) is 8.12. The molecule has 6 heteroatoms. The van der Waals surface area contributed by atoms with Gasteiger partial charge in [0.25, 0.3) is 0 Å². The third kappa shape index (κ3) is 4.91. The van der Waals surface area contributed by atoms with Gasteiger partial charge in [-0.1, -0.05) is 26.8 Å². The number of rotatable bonds is 4. The fourth-order valence-corrected chi connectivity index (χ4v) is 2.43. The van der Waals surface area contributed by atoms with Crippen molar-refractivity contribution >= 4 is 11.7 Å². The van der Waals surface area contributed by atoms with Gasteiger partial charge in [-0.05, 0) is 24.0 Å². The fourth-order valence-electron chi connectivity index (χ4n) is 2.43. The first-order chi connectivity index (χ1) is 10.8. The van der Waals surface area contributed by atoms with E-state index in [0.29, 0.717) is 6.54 Å². The summed E-state index contributed by atoms with van der Waals surface area (Å²) in [5.74, 6) is 0.810. The maximum absolute atomic E-state index is 12.0. The van der Waals surface area contributed by atoms with Gasteiger partial charge in [-0.3, -0.25) is 4.79 Å². The molecule has 1 amide bonds. The van der Waals surface area contributed by atoms with E-state index < -0.39 is 6.04 Å². The third-order valence-corrected chi connectivity index (χ3v) is 4.06. The van der Waals surface area contributed by atoms with Gasteiger partial charge in [-0.2, -0.15) is 0 Å². The molecular weight excluding hydrogens is 292 g/mol. The summed E-state index contributed by atoms with van der Waals surface area (Å²) in [5, 5.41) is 2.87. The molecule has 0 bridgehead atoms. The van der Waals surface area contributed by atoms with Crippen molar-refractivity contribution in [2.45, 2.75) is 46.4 Å². The molecule has 3 N–H and O–H groups in total. The van der Waals surface area contributed by atoms with E-state index in [1.54, 1.807) is 6.20 Å². The van der Waals surface area contributed by atoms with Gasteiger partial charge in [-0.25, -0.2) is 4.98 Å². The Morgan fingerprint density at radius 1 is 1.52 bits per heavy atom. The molecule has 1 unspecified atom stereocenters. The number of ether oxygens (including phenoxy) is 1. The molecule has 1 aliphatic heterocycles. The molecule has 1 aliphatic rings. The largest absolute Gasteiger partial charge is 0.375 e. The van der Waals surface area contributed by atoms with Gasteiger partial charge in [-0.15, -0.1) is 0 Å². The minimum absolute atomic E-state index is 0.136. The molecule has 6 nitrogen and oxygen atoms in total. The van der Waals surface area contributed by atoms with Crippen molar-refractivity contribution in [1.29, 1.82) is 0 Å². The van der Waals surface area contributed by atoms with Gasteiger partial charge in [0.05, 0.1) is 18.8 Å². The van der Waals surface area contributed by atoms with Crippen LogP contribution in [0.3, 0.4) is 0 Å². The summed E-state index contributed by atoms with van der Waals surface area (Å²) in [6.07, 6.45) is 2.03. The van der Waals surface area contributed by atoms with Gasteiger partial charge in [0.1, 0.15) is 5.82 Å². The van der Waals surface area contributed by atoms with Crippen LogP contribution in [-0.2, 0) is 16.1 Å².